The van der Waals surface area contributed by atoms with Crippen LogP contribution in [0.4, 0.5) is 0 Å². The lowest BCUT2D eigenvalue weighted by Crippen LogP contribution is -2.65. The van der Waals surface area contributed by atoms with Gasteiger partial charge in [0.2, 0.25) is 0 Å². The minimum absolute atomic E-state index is 0.0660. The predicted molar refractivity (Wildman–Crippen MR) is 213 cm³/mol. The number of aliphatic hydroxyl groups excluding tert-OH is 6. The molecule has 3 aliphatic heterocycles. The first kappa shape index (κ1) is 46.0. The minimum atomic E-state index is -1.63. The van der Waals surface area contributed by atoms with E-state index in [1.54, 1.807) is 13.8 Å². The van der Waals surface area contributed by atoms with Crippen LogP contribution in [0.15, 0.2) is 0 Å². The van der Waals surface area contributed by atoms with E-state index in [-0.39, 0.29) is 52.1 Å². The second kappa shape index (κ2) is 15.3. The zero-order valence-corrected chi connectivity index (χ0v) is 37.3. The molecule has 0 amide bonds. The number of carbonyl (C=O) groups excluding carboxylic acids is 2. The Balaban J connectivity index is 1.14. The molecule has 0 aromatic carbocycles. The largest absolute Gasteiger partial charge is 0.457 e. The molecule has 7 N–H and O–H groups in total. The highest BCUT2D eigenvalue weighted by Crippen LogP contribution is 2.89. The molecule has 61 heavy (non-hydrogen) atoms. The maximum Gasteiger partial charge on any atom is 0.303 e. The van der Waals surface area contributed by atoms with E-state index in [1.807, 2.05) is 0 Å². The zero-order valence-electron chi connectivity index (χ0n) is 37.3. The Morgan fingerprint density at radius 2 is 1.44 bits per heavy atom. The molecule has 8 unspecified atom stereocenters. The van der Waals surface area contributed by atoms with Gasteiger partial charge in [-0.2, -0.15) is 0 Å². The van der Waals surface area contributed by atoms with E-state index in [0.29, 0.717) is 25.7 Å². The van der Waals surface area contributed by atoms with Crippen LogP contribution in [0.3, 0.4) is 0 Å². The molecule has 0 aromatic rings. The summed E-state index contributed by atoms with van der Waals surface area (Å²) in [6.45, 7) is 16.2. The van der Waals surface area contributed by atoms with E-state index in [0.717, 1.165) is 32.1 Å². The number of aliphatic hydroxyl groups is 7. The maximum atomic E-state index is 12.3. The lowest BCUT2D eigenvalue weighted by molar-refractivity contribution is -0.339. The van der Waals surface area contributed by atoms with E-state index < -0.39 is 109 Å². The molecule has 348 valence electrons. The van der Waals surface area contributed by atoms with Crippen LogP contribution in [0.5, 0.6) is 0 Å². The number of rotatable bonds is 9. The van der Waals surface area contributed by atoms with Gasteiger partial charge < -0.3 is 68.9 Å². The lowest BCUT2D eigenvalue weighted by atomic mass is 9.41. The first-order valence-corrected chi connectivity index (χ1v) is 22.6. The minimum Gasteiger partial charge on any atom is -0.457 e. The highest BCUT2D eigenvalue weighted by Gasteiger charge is 2.85. The van der Waals surface area contributed by atoms with Crippen LogP contribution >= 0.6 is 0 Å². The summed E-state index contributed by atoms with van der Waals surface area (Å²) in [5.74, 6) is -1.62. The van der Waals surface area contributed by atoms with Crippen molar-refractivity contribution in [2.24, 2.45) is 44.8 Å². The Hall–Kier alpha value is -1.54. The topological polar surface area (TPSA) is 240 Å². The van der Waals surface area contributed by atoms with Gasteiger partial charge in [0.15, 0.2) is 24.8 Å². The number of hydrogen-bond donors (Lipinski definition) is 7. The third-order valence-electron chi connectivity index (χ3n) is 18.2. The molecule has 21 atom stereocenters. The van der Waals surface area contributed by atoms with Gasteiger partial charge in [-0.3, -0.25) is 9.59 Å². The number of fused-ring (bicyclic) bond motifs is 2. The van der Waals surface area contributed by atoms with Gasteiger partial charge in [0.1, 0.15) is 30.5 Å². The maximum absolute atomic E-state index is 12.3. The molecule has 5 aliphatic carbocycles. The van der Waals surface area contributed by atoms with Crippen LogP contribution in [0.2, 0.25) is 0 Å². The van der Waals surface area contributed by atoms with Crippen molar-refractivity contribution in [3.63, 3.8) is 0 Å². The van der Waals surface area contributed by atoms with E-state index in [4.69, 9.17) is 33.2 Å². The van der Waals surface area contributed by atoms with Crippen LogP contribution in [0.25, 0.3) is 0 Å². The van der Waals surface area contributed by atoms with Crippen molar-refractivity contribution in [1.29, 1.82) is 0 Å². The van der Waals surface area contributed by atoms with Crippen molar-refractivity contribution in [2.45, 2.75) is 211 Å². The molecule has 8 aliphatic rings. The normalized spacial score (nSPS) is 53.8. The van der Waals surface area contributed by atoms with Crippen molar-refractivity contribution >= 4 is 11.9 Å². The fourth-order valence-corrected chi connectivity index (χ4v) is 15.5. The van der Waals surface area contributed by atoms with E-state index >= 15 is 0 Å². The Morgan fingerprint density at radius 3 is 2.07 bits per heavy atom. The molecular weight excluding hydrogens is 796 g/mol. The summed E-state index contributed by atoms with van der Waals surface area (Å²) in [6, 6.07) is 0. The third kappa shape index (κ3) is 6.89. The van der Waals surface area contributed by atoms with Gasteiger partial charge in [-0.1, -0.05) is 27.7 Å². The molecule has 2 spiro atoms. The van der Waals surface area contributed by atoms with Gasteiger partial charge in [0.05, 0.1) is 48.8 Å². The summed E-state index contributed by atoms with van der Waals surface area (Å²) in [5.41, 5.74) is -3.44. The van der Waals surface area contributed by atoms with E-state index in [9.17, 15) is 45.3 Å². The van der Waals surface area contributed by atoms with Gasteiger partial charge >= 0.3 is 11.9 Å². The Kier molecular flexibility index (Phi) is 11.5. The molecule has 16 nitrogen and oxygen atoms in total. The SMILES string of the molecule is CC(=O)O[C@@H]1COC(O[C@H]2CCC34CC35CC[C@]3(C)C([C@@]6(C)CCC(C(C)(C)O)O6)[C@@H](O)C[C@@]3(C)C5C[C@H](OC3O[C@H](CO)[C@@H](O)[C@H](O)[C@H]3O)C4C2(C)C)[C@H](OC(C)=O)[C@H]1O. The van der Waals surface area contributed by atoms with Gasteiger partial charge in [-0.05, 0) is 117 Å². The van der Waals surface area contributed by atoms with Crippen molar-refractivity contribution in [3.8, 4) is 0 Å². The number of carbonyl (C=O) groups is 2. The fourth-order valence-electron chi connectivity index (χ4n) is 15.5. The van der Waals surface area contributed by atoms with Crippen molar-refractivity contribution < 1.29 is 78.5 Å². The van der Waals surface area contributed by atoms with E-state index in [1.165, 1.54) is 13.8 Å². The Bertz CT molecular complexity index is 1680. The van der Waals surface area contributed by atoms with Crippen molar-refractivity contribution in [1.82, 2.24) is 0 Å². The highest BCUT2D eigenvalue weighted by molar-refractivity contribution is 5.67. The van der Waals surface area contributed by atoms with Crippen LogP contribution < -0.4 is 0 Å². The molecular formula is C45H72O16. The van der Waals surface area contributed by atoms with Crippen LogP contribution in [-0.4, -0.2) is 152 Å². The average molecular weight is 869 g/mol. The summed E-state index contributed by atoms with van der Waals surface area (Å²) < 4.78 is 43.4. The number of ether oxygens (including phenoxy) is 7. The Labute approximate surface area is 358 Å². The summed E-state index contributed by atoms with van der Waals surface area (Å²) >= 11 is 0. The molecule has 3 saturated heterocycles. The molecule has 8 rings (SSSR count). The monoisotopic (exact) mass is 868 g/mol. The van der Waals surface area contributed by atoms with Gasteiger partial charge in [-0.25, -0.2) is 0 Å². The van der Waals surface area contributed by atoms with E-state index in [2.05, 4.69) is 34.6 Å². The highest BCUT2D eigenvalue weighted by atomic mass is 16.7. The molecule has 8 fully saturated rings. The van der Waals surface area contributed by atoms with Crippen LogP contribution in [0, 0.1) is 44.8 Å². The average Bonchev–Trinajstić information content (AvgIpc) is 3.52. The van der Waals surface area contributed by atoms with Crippen molar-refractivity contribution in [2.75, 3.05) is 13.2 Å². The molecule has 5 saturated carbocycles. The second-order valence-electron chi connectivity index (χ2n) is 22.2. The quantitative estimate of drug-likeness (QED) is 0.129. The number of hydrogen-bond acceptors (Lipinski definition) is 16. The zero-order chi connectivity index (χ0) is 44.6. The number of esters is 2. The fraction of sp³-hybridized carbons (Fsp3) is 0.956. The molecule has 3 heterocycles. The summed E-state index contributed by atoms with van der Waals surface area (Å²) in [6.07, 6.45) is -7.81. The van der Waals surface area contributed by atoms with Crippen LogP contribution in [0.1, 0.15) is 120 Å². The molecule has 16 heteroatoms. The first-order chi connectivity index (χ1) is 28.3. The third-order valence-corrected chi connectivity index (χ3v) is 18.2. The Morgan fingerprint density at radius 1 is 0.754 bits per heavy atom. The van der Waals surface area contributed by atoms with Crippen LogP contribution in [-0.2, 0) is 42.7 Å². The predicted octanol–water partition coefficient (Wildman–Crippen LogP) is 1.87. The summed E-state index contributed by atoms with van der Waals surface area (Å²) in [7, 11) is 0. The standard InChI is InChI=1S/C45H72O16/c1-21(47)56-26-19-55-38(34(31(26)51)57-22(2)48)60-28-11-13-45-20-44(45)15-14-41(7)35(43(9)12-10-29(61-43)40(5,6)54)23(49)17-42(41,8)27(44)16-24(36(45)39(28,3)4)58-37-33(53)32(52)30(50)25(18-46)59-37/h23-38,46,49-54H,10-20H2,1-9H3/t23-,24-,25+,26+,27?,28-,29?,30+,31-,32-,33+,34+,35?,36?,37?,38?,41+,42-,43+,44?,45?/m0/s1. The second-order valence-corrected chi connectivity index (χ2v) is 22.2. The molecule has 0 aromatic heterocycles. The molecule has 0 bridgehead atoms. The van der Waals surface area contributed by atoms with Gasteiger partial charge in [0.25, 0.3) is 0 Å². The summed E-state index contributed by atoms with van der Waals surface area (Å²) in [5, 5.41) is 77.6. The lowest BCUT2D eigenvalue weighted by Gasteiger charge is -2.65. The van der Waals surface area contributed by atoms with Crippen molar-refractivity contribution in [3.05, 3.63) is 0 Å². The summed E-state index contributed by atoms with van der Waals surface area (Å²) in [4.78, 5) is 24.1. The van der Waals surface area contributed by atoms with Gasteiger partial charge in [0, 0.05) is 19.8 Å². The first-order valence-electron chi connectivity index (χ1n) is 22.6. The van der Waals surface area contributed by atoms with Gasteiger partial charge in [-0.15, -0.1) is 0 Å². The molecule has 0 radical (unpaired) electrons. The smallest absolute Gasteiger partial charge is 0.303 e.